The standard InChI is InChI=1S/C27H25N5O7/c1-2-35-21-11-15(3-6-19(21)38-27(33)32-7-9-34-10-8-32)22-17(13-28)25(29)39-26-23(22)24(30-31-26)16-4-5-18-20(12-16)37-14-36-18/h3-6,11-12,22H,2,7-10,14,29H2,1H3,(H,30,31)/t22-/m0/s1. The van der Waals surface area contributed by atoms with Crippen molar-refractivity contribution >= 4 is 6.09 Å². The maximum absolute atomic E-state index is 12.7. The molecule has 0 saturated carbocycles. The number of hydrogen-bond acceptors (Lipinski definition) is 10. The summed E-state index contributed by atoms with van der Waals surface area (Å²) in [5.41, 5.74) is 9.07. The number of hydrogen-bond donors (Lipinski definition) is 2. The predicted octanol–water partition coefficient (Wildman–Crippen LogP) is 3.25. The minimum atomic E-state index is -0.638. The fourth-order valence-electron chi connectivity index (χ4n) is 4.81. The van der Waals surface area contributed by atoms with E-state index in [1.807, 2.05) is 25.1 Å². The monoisotopic (exact) mass is 531 g/mol. The maximum Gasteiger partial charge on any atom is 0.415 e. The smallest absolute Gasteiger partial charge is 0.415 e. The number of rotatable bonds is 5. The molecule has 0 bridgehead atoms. The molecular formula is C27H25N5O7. The number of aromatic nitrogens is 2. The summed E-state index contributed by atoms with van der Waals surface area (Å²) in [6.45, 7) is 4.13. The van der Waals surface area contributed by atoms with E-state index in [1.54, 1.807) is 23.1 Å². The summed E-state index contributed by atoms with van der Waals surface area (Å²) < 4.78 is 33.6. The third kappa shape index (κ3) is 4.42. The van der Waals surface area contributed by atoms with Crippen molar-refractivity contribution in [2.45, 2.75) is 12.8 Å². The zero-order chi connectivity index (χ0) is 26.9. The van der Waals surface area contributed by atoms with Crippen LogP contribution in [0.25, 0.3) is 11.3 Å². The Morgan fingerprint density at radius 1 is 1.18 bits per heavy atom. The van der Waals surface area contributed by atoms with Crippen molar-refractivity contribution in [2.24, 2.45) is 5.73 Å². The van der Waals surface area contributed by atoms with Gasteiger partial charge in [0.2, 0.25) is 18.6 Å². The van der Waals surface area contributed by atoms with Crippen LogP contribution < -0.4 is 29.4 Å². The normalized spacial score (nSPS) is 17.7. The number of carbonyl (C=O) groups excluding carboxylic acids is 1. The Labute approximate surface area is 223 Å². The number of allylic oxidation sites excluding steroid dienone is 1. The number of H-pyrrole nitrogens is 1. The number of ether oxygens (including phenoxy) is 6. The van der Waals surface area contributed by atoms with Crippen molar-refractivity contribution in [1.29, 1.82) is 5.26 Å². The van der Waals surface area contributed by atoms with Crippen LogP contribution >= 0.6 is 0 Å². The lowest BCUT2D eigenvalue weighted by Crippen LogP contribution is -2.42. The van der Waals surface area contributed by atoms with Crippen LogP contribution in [0.15, 0.2) is 47.9 Å². The lowest BCUT2D eigenvalue weighted by Gasteiger charge is -2.27. The van der Waals surface area contributed by atoms with Crippen LogP contribution in [0.5, 0.6) is 28.9 Å². The number of nitrogens with two attached hydrogens (primary N) is 1. The van der Waals surface area contributed by atoms with E-state index in [0.29, 0.717) is 67.0 Å². The predicted molar refractivity (Wildman–Crippen MR) is 135 cm³/mol. The van der Waals surface area contributed by atoms with Crippen LogP contribution in [0, 0.1) is 11.3 Å². The highest BCUT2D eigenvalue weighted by atomic mass is 16.7. The second kappa shape index (κ2) is 10.1. The number of nitrogens with zero attached hydrogens (tertiary/aromatic N) is 3. The number of amides is 1. The Kier molecular flexibility index (Phi) is 6.34. The van der Waals surface area contributed by atoms with E-state index in [0.717, 1.165) is 5.56 Å². The number of aromatic amines is 1. The number of morpholine rings is 1. The molecule has 1 aromatic heterocycles. The number of benzene rings is 2. The van der Waals surface area contributed by atoms with E-state index in [2.05, 4.69) is 16.3 Å². The molecule has 2 aromatic carbocycles. The highest BCUT2D eigenvalue weighted by Gasteiger charge is 2.36. The summed E-state index contributed by atoms with van der Waals surface area (Å²) in [4.78, 5) is 14.3. The summed E-state index contributed by atoms with van der Waals surface area (Å²) >= 11 is 0. The Bertz CT molecular complexity index is 1500. The third-order valence-corrected chi connectivity index (χ3v) is 6.67. The summed E-state index contributed by atoms with van der Waals surface area (Å²) in [6.07, 6.45) is -0.484. The number of carbonyl (C=O) groups is 1. The molecule has 3 N–H and O–H groups in total. The van der Waals surface area contributed by atoms with Gasteiger partial charge in [0.25, 0.3) is 0 Å². The van der Waals surface area contributed by atoms with Gasteiger partial charge < -0.3 is 39.1 Å². The van der Waals surface area contributed by atoms with Crippen LogP contribution in [0.2, 0.25) is 0 Å². The largest absolute Gasteiger partial charge is 0.490 e. The number of fused-ring (bicyclic) bond motifs is 2. The van der Waals surface area contributed by atoms with Crippen molar-refractivity contribution in [1.82, 2.24) is 15.1 Å². The van der Waals surface area contributed by atoms with Crippen molar-refractivity contribution in [3.8, 4) is 46.2 Å². The molecule has 3 aromatic rings. The molecule has 1 amide bonds. The first kappa shape index (κ1) is 24.4. The highest BCUT2D eigenvalue weighted by Crippen LogP contribution is 2.48. The minimum absolute atomic E-state index is 0.0421. The van der Waals surface area contributed by atoms with Crippen molar-refractivity contribution < 1.29 is 33.2 Å². The van der Waals surface area contributed by atoms with Crippen molar-refractivity contribution in [3.63, 3.8) is 0 Å². The van der Waals surface area contributed by atoms with E-state index >= 15 is 0 Å². The van der Waals surface area contributed by atoms with E-state index in [4.69, 9.17) is 34.2 Å². The van der Waals surface area contributed by atoms with Gasteiger partial charge in [0, 0.05) is 18.7 Å². The molecule has 0 radical (unpaired) electrons. The van der Waals surface area contributed by atoms with Gasteiger partial charge in [-0.25, -0.2) is 4.79 Å². The molecule has 6 rings (SSSR count). The van der Waals surface area contributed by atoms with Gasteiger partial charge in [-0.15, -0.1) is 5.10 Å². The molecule has 1 saturated heterocycles. The molecule has 39 heavy (non-hydrogen) atoms. The zero-order valence-corrected chi connectivity index (χ0v) is 21.1. The molecule has 200 valence electrons. The molecule has 0 spiro atoms. The van der Waals surface area contributed by atoms with E-state index in [1.165, 1.54) is 0 Å². The molecule has 1 fully saturated rings. The van der Waals surface area contributed by atoms with E-state index in [-0.39, 0.29) is 29.9 Å². The van der Waals surface area contributed by atoms with Crippen LogP contribution in [0.4, 0.5) is 4.79 Å². The number of nitrogens with one attached hydrogen (secondary N) is 1. The Morgan fingerprint density at radius 3 is 2.79 bits per heavy atom. The van der Waals surface area contributed by atoms with Gasteiger partial charge in [-0.2, -0.15) is 5.26 Å². The molecule has 12 heteroatoms. The lowest BCUT2D eigenvalue weighted by molar-refractivity contribution is 0.0413. The topological polar surface area (TPSA) is 154 Å². The quantitative estimate of drug-likeness (QED) is 0.501. The number of nitriles is 1. The minimum Gasteiger partial charge on any atom is -0.490 e. The van der Waals surface area contributed by atoms with E-state index < -0.39 is 12.0 Å². The maximum atomic E-state index is 12.7. The first-order valence-corrected chi connectivity index (χ1v) is 12.4. The SMILES string of the molecule is CCOc1cc([C@H]2C(C#N)=C(N)Oc3n[nH]c(-c4ccc5c(c4)OCO5)c32)ccc1OC(=O)N1CCOCC1. The molecule has 12 nitrogen and oxygen atoms in total. The molecular weight excluding hydrogens is 506 g/mol. The van der Waals surface area contributed by atoms with Crippen LogP contribution in [-0.2, 0) is 4.74 Å². The lowest BCUT2D eigenvalue weighted by atomic mass is 9.83. The third-order valence-electron chi connectivity index (χ3n) is 6.67. The summed E-state index contributed by atoms with van der Waals surface area (Å²) in [5, 5.41) is 17.4. The van der Waals surface area contributed by atoms with Crippen molar-refractivity contribution in [3.05, 3.63) is 59.0 Å². The Balaban J connectivity index is 1.40. The molecule has 1 atom stereocenters. The first-order valence-electron chi connectivity index (χ1n) is 12.4. The molecule has 0 aliphatic carbocycles. The van der Waals surface area contributed by atoms with Gasteiger partial charge in [-0.3, -0.25) is 5.10 Å². The van der Waals surface area contributed by atoms with Gasteiger partial charge >= 0.3 is 6.09 Å². The highest BCUT2D eigenvalue weighted by molar-refractivity contribution is 5.74. The van der Waals surface area contributed by atoms with Gasteiger partial charge in [0.05, 0.1) is 37.0 Å². The fraction of sp³-hybridized carbons (Fsp3) is 0.296. The second-order valence-corrected chi connectivity index (χ2v) is 8.92. The summed E-state index contributed by atoms with van der Waals surface area (Å²) in [7, 11) is 0. The van der Waals surface area contributed by atoms with Gasteiger partial charge in [0.1, 0.15) is 11.6 Å². The zero-order valence-electron chi connectivity index (χ0n) is 21.1. The Morgan fingerprint density at radius 2 is 2.00 bits per heavy atom. The fourth-order valence-corrected chi connectivity index (χ4v) is 4.81. The molecule has 3 aliphatic rings. The second-order valence-electron chi connectivity index (χ2n) is 8.92. The van der Waals surface area contributed by atoms with Gasteiger partial charge in [-0.1, -0.05) is 6.07 Å². The molecule has 4 heterocycles. The molecule has 0 unspecified atom stereocenters. The van der Waals surface area contributed by atoms with Crippen LogP contribution in [-0.4, -0.2) is 60.9 Å². The average Bonchev–Trinajstić information content (AvgIpc) is 3.60. The van der Waals surface area contributed by atoms with Gasteiger partial charge in [0.15, 0.2) is 23.0 Å². The van der Waals surface area contributed by atoms with Crippen molar-refractivity contribution in [2.75, 3.05) is 39.7 Å². The van der Waals surface area contributed by atoms with Crippen LogP contribution in [0.1, 0.15) is 24.0 Å². The first-order chi connectivity index (χ1) is 19.1. The summed E-state index contributed by atoms with van der Waals surface area (Å²) in [6, 6.07) is 12.9. The summed E-state index contributed by atoms with van der Waals surface area (Å²) in [5.74, 6) is 1.44. The van der Waals surface area contributed by atoms with E-state index in [9.17, 15) is 10.1 Å². The molecule has 3 aliphatic heterocycles. The average molecular weight is 532 g/mol. The Hall–Kier alpha value is -4.89. The van der Waals surface area contributed by atoms with Crippen LogP contribution in [0.3, 0.4) is 0 Å². The van der Waals surface area contributed by atoms with Gasteiger partial charge in [-0.05, 0) is 42.8 Å².